The maximum Gasteiger partial charge on any atom is 0.148 e. The average Bonchev–Trinajstić information content (AvgIpc) is 2.11. The van der Waals surface area contributed by atoms with Crippen LogP contribution in [0.5, 0.6) is 0 Å². The molecule has 1 rings (SSSR count). The molecule has 0 spiro atoms. The molecule has 2 nitrogen and oxygen atoms in total. The van der Waals surface area contributed by atoms with E-state index in [0.717, 1.165) is 15.7 Å². The third-order valence-electron chi connectivity index (χ3n) is 1.66. The van der Waals surface area contributed by atoms with Crippen LogP contribution in [0.3, 0.4) is 0 Å². The largest absolute Gasteiger partial charge is 0.298 e. The summed E-state index contributed by atoms with van der Waals surface area (Å²) in [6, 6.07) is 1.91. The first kappa shape index (κ1) is 10.7. The number of aromatic nitrogens is 1. The Labute approximate surface area is 91.3 Å². The molecular formula is C9H10BrNOS. The molecule has 0 saturated heterocycles. The van der Waals surface area contributed by atoms with E-state index in [4.69, 9.17) is 0 Å². The van der Waals surface area contributed by atoms with Crippen LogP contribution in [-0.2, 0) is 11.2 Å². The number of nitrogens with zero attached hydrogens (tertiary/aromatic N) is 1. The van der Waals surface area contributed by atoms with Crippen molar-refractivity contribution in [2.75, 3.05) is 5.75 Å². The van der Waals surface area contributed by atoms with Crippen molar-refractivity contribution >= 4 is 34.3 Å². The Morgan fingerprint density at radius 3 is 2.92 bits per heavy atom. The molecule has 0 radical (unpaired) electrons. The highest BCUT2D eigenvalue weighted by Crippen LogP contribution is 2.15. The monoisotopic (exact) mass is 259 g/mol. The molecule has 0 aliphatic rings. The zero-order valence-corrected chi connectivity index (χ0v) is 9.73. The summed E-state index contributed by atoms with van der Waals surface area (Å²) >= 11 is 7.26. The Hall–Kier alpha value is -0.350. The molecule has 0 bridgehead atoms. The molecule has 0 aliphatic heterocycles. The Kier molecular flexibility index (Phi) is 3.93. The minimum atomic E-state index is 0.0950. The van der Waals surface area contributed by atoms with Gasteiger partial charge in [-0.15, -0.1) is 0 Å². The van der Waals surface area contributed by atoms with Gasteiger partial charge in [-0.3, -0.25) is 9.78 Å². The van der Waals surface area contributed by atoms with E-state index in [9.17, 15) is 4.79 Å². The average molecular weight is 260 g/mol. The molecule has 0 saturated carbocycles. The number of ketones is 1. The number of carbonyl (C=O) groups excluding carboxylic acids is 1. The van der Waals surface area contributed by atoms with Gasteiger partial charge in [-0.25, -0.2) is 0 Å². The molecule has 0 atom stereocenters. The summed E-state index contributed by atoms with van der Waals surface area (Å²) in [5.41, 5.74) is 1.90. The predicted molar refractivity (Wildman–Crippen MR) is 59.2 cm³/mol. The lowest BCUT2D eigenvalue weighted by Gasteiger charge is -2.01. The lowest BCUT2D eigenvalue weighted by atomic mass is 10.2. The summed E-state index contributed by atoms with van der Waals surface area (Å²) in [7, 11) is 0. The quantitative estimate of drug-likeness (QED) is 0.844. The highest BCUT2D eigenvalue weighted by Gasteiger charge is 2.03. The Morgan fingerprint density at radius 1 is 1.69 bits per heavy atom. The standard InChI is InChI=1S/C9H10BrNOS/c1-6-2-7(3-8(12)5-13)11-4-9(6)10/h2,4,13H,3,5H2,1H3. The van der Waals surface area contributed by atoms with Gasteiger partial charge in [0, 0.05) is 28.5 Å². The third-order valence-corrected chi connectivity index (χ3v) is 2.84. The second-order valence-electron chi connectivity index (χ2n) is 2.80. The first-order chi connectivity index (χ1) is 6.13. The third kappa shape index (κ3) is 3.12. The fraction of sp³-hybridized carbons (Fsp3) is 0.333. The Balaban J connectivity index is 2.79. The van der Waals surface area contributed by atoms with Crippen molar-refractivity contribution in [1.29, 1.82) is 0 Å². The predicted octanol–water partition coefficient (Wildman–Crippen LogP) is 2.19. The molecule has 1 aromatic heterocycles. The van der Waals surface area contributed by atoms with Crippen LogP contribution >= 0.6 is 28.6 Å². The lowest BCUT2D eigenvalue weighted by molar-refractivity contribution is -0.116. The van der Waals surface area contributed by atoms with Gasteiger partial charge in [-0.2, -0.15) is 12.6 Å². The molecule has 1 heterocycles. The first-order valence-corrected chi connectivity index (χ1v) is 5.29. The number of Topliss-reactive ketones (excluding diaryl/α,β-unsaturated/α-hetero) is 1. The van der Waals surface area contributed by atoms with Gasteiger partial charge in [0.1, 0.15) is 5.78 Å². The van der Waals surface area contributed by atoms with Gasteiger partial charge in [0.25, 0.3) is 0 Å². The molecule has 4 heteroatoms. The van der Waals surface area contributed by atoms with Crippen molar-refractivity contribution in [3.8, 4) is 0 Å². The van der Waals surface area contributed by atoms with Crippen LogP contribution < -0.4 is 0 Å². The van der Waals surface area contributed by atoms with Gasteiger partial charge in [-0.05, 0) is 34.5 Å². The summed E-state index contributed by atoms with van der Waals surface area (Å²) < 4.78 is 0.967. The second kappa shape index (κ2) is 4.77. The number of thiol groups is 1. The molecular weight excluding hydrogens is 250 g/mol. The van der Waals surface area contributed by atoms with E-state index in [1.54, 1.807) is 6.20 Å². The normalized spacial score (nSPS) is 10.1. The van der Waals surface area contributed by atoms with Crippen LogP contribution in [0.2, 0.25) is 0 Å². The number of aryl methyl sites for hydroxylation is 1. The molecule has 0 amide bonds. The number of rotatable bonds is 3. The van der Waals surface area contributed by atoms with Crippen LogP contribution in [0.1, 0.15) is 11.3 Å². The van der Waals surface area contributed by atoms with Crippen molar-refractivity contribution < 1.29 is 4.79 Å². The van der Waals surface area contributed by atoms with E-state index in [-0.39, 0.29) is 11.5 Å². The smallest absolute Gasteiger partial charge is 0.148 e. The number of hydrogen-bond acceptors (Lipinski definition) is 3. The molecule has 0 aliphatic carbocycles. The van der Waals surface area contributed by atoms with Crippen molar-refractivity contribution in [2.24, 2.45) is 0 Å². The van der Waals surface area contributed by atoms with Crippen molar-refractivity contribution in [1.82, 2.24) is 4.98 Å². The van der Waals surface area contributed by atoms with Gasteiger partial charge in [0.2, 0.25) is 0 Å². The van der Waals surface area contributed by atoms with Gasteiger partial charge in [0.15, 0.2) is 0 Å². The number of hydrogen-bond donors (Lipinski definition) is 1. The van der Waals surface area contributed by atoms with Crippen LogP contribution in [0, 0.1) is 6.92 Å². The van der Waals surface area contributed by atoms with E-state index in [0.29, 0.717) is 6.42 Å². The maximum atomic E-state index is 11.0. The lowest BCUT2D eigenvalue weighted by Crippen LogP contribution is -2.05. The first-order valence-electron chi connectivity index (χ1n) is 3.87. The maximum absolute atomic E-state index is 11.0. The van der Waals surface area contributed by atoms with E-state index in [2.05, 4.69) is 33.5 Å². The minimum Gasteiger partial charge on any atom is -0.298 e. The highest BCUT2D eigenvalue weighted by atomic mass is 79.9. The van der Waals surface area contributed by atoms with Crippen LogP contribution in [0.4, 0.5) is 0 Å². The van der Waals surface area contributed by atoms with Crippen molar-refractivity contribution in [3.63, 3.8) is 0 Å². The fourth-order valence-electron chi connectivity index (χ4n) is 0.952. The summed E-state index contributed by atoms with van der Waals surface area (Å²) in [6.45, 7) is 1.97. The molecule has 13 heavy (non-hydrogen) atoms. The molecule has 1 aromatic rings. The van der Waals surface area contributed by atoms with Crippen LogP contribution in [0.15, 0.2) is 16.7 Å². The van der Waals surface area contributed by atoms with Crippen LogP contribution in [0.25, 0.3) is 0 Å². The summed E-state index contributed by atoms with van der Waals surface area (Å²) in [4.78, 5) is 15.2. The minimum absolute atomic E-state index is 0.0950. The summed E-state index contributed by atoms with van der Waals surface area (Å²) in [6.07, 6.45) is 2.09. The molecule has 0 fully saturated rings. The Morgan fingerprint density at radius 2 is 2.38 bits per heavy atom. The van der Waals surface area contributed by atoms with E-state index < -0.39 is 0 Å². The summed E-state index contributed by atoms with van der Waals surface area (Å²) in [5, 5.41) is 0. The van der Waals surface area contributed by atoms with E-state index in [1.807, 2.05) is 13.0 Å². The number of halogens is 1. The number of pyridine rings is 1. The van der Waals surface area contributed by atoms with Gasteiger partial charge < -0.3 is 0 Å². The van der Waals surface area contributed by atoms with Crippen molar-refractivity contribution in [3.05, 3.63) is 28.0 Å². The summed E-state index contributed by atoms with van der Waals surface area (Å²) in [5.74, 6) is 0.370. The molecule has 0 unspecified atom stereocenters. The highest BCUT2D eigenvalue weighted by molar-refractivity contribution is 9.10. The Bertz CT molecular complexity index is 327. The zero-order chi connectivity index (χ0) is 9.84. The van der Waals surface area contributed by atoms with E-state index in [1.165, 1.54) is 0 Å². The zero-order valence-electron chi connectivity index (χ0n) is 7.25. The SMILES string of the molecule is Cc1cc(CC(=O)CS)ncc1Br. The van der Waals surface area contributed by atoms with Crippen LogP contribution in [-0.4, -0.2) is 16.5 Å². The topological polar surface area (TPSA) is 30.0 Å². The van der Waals surface area contributed by atoms with Crippen molar-refractivity contribution in [2.45, 2.75) is 13.3 Å². The number of carbonyl (C=O) groups is 1. The van der Waals surface area contributed by atoms with Gasteiger partial charge in [0.05, 0.1) is 0 Å². The molecule has 0 aromatic carbocycles. The second-order valence-corrected chi connectivity index (χ2v) is 3.97. The van der Waals surface area contributed by atoms with Gasteiger partial charge >= 0.3 is 0 Å². The fourth-order valence-corrected chi connectivity index (χ4v) is 1.28. The van der Waals surface area contributed by atoms with E-state index >= 15 is 0 Å². The molecule has 0 N–H and O–H groups in total. The van der Waals surface area contributed by atoms with Gasteiger partial charge in [-0.1, -0.05) is 0 Å². The molecule has 70 valence electrons.